The molecule has 1 aliphatic rings. The number of nitrogen functional groups attached to an aromatic ring is 1. The molecule has 0 radical (unpaired) electrons. The molecule has 1 fully saturated rings. The molecule has 0 bridgehead atoms. The lowest BCUT2D eigenvalue weighted by Crippen LogP contribution is -2.20. The van der Waals surface area contributed by atoms with E-state index in [2.05, 4.69) is 24.5 Å². The Labute approximate surface area is 116 Å². The topological polar surface area (TPSA) is 54.7 Å². The van der Waals surface area contributed by atoms with E-state index in [9.17, 15) is 5.26 Å². The molecule has 0 spiro atoms. The van der Waals surface area contributed by atoms with Gasteiger partial charge in [-0.05, 0) is 51.0 Å². The van der Waals surface area contributed by atoms with Crippen molar-refractivity contribution in [2.24, 2.45) is 5.92 Å². The summed E-state index contributed by atoms with van der Waals surface area (Å²) in [5, 5.41) is 9.20. The second-order valence-electron chi connectivity index (χ2n) is 5.92. The molecule has 1 aliphatic carbocycles. The highest BCUT2D eigenvalue weighted by atomic mass is 15.1. The Hall–Kier alpha value is -1.43. The van der Waals surface area contributed by atoms with Gasteiger partial charge in [0.1, 0.15) is 11.9 Å². The summed E-state index contributed by atoms with van der Waals surface area (Å²) in [6, 6.07) is 2.74. The first kappa shape index (κ1) is 14.0. The minimum atomic E-state index is 0.494. The molecule has 3 heteroatoms. The predicted octanol–water partition coefficient (Wildman–Crippen LogP) is 4.09. The third-order valence-corrected chi connectivity index (χ3v) is 4.78. The van der Waals surface area contributed by atoms with Crippen molar-refractivity contribution in [1.29, 1.82) is 5.26 Å². The van der Waals surface area contributed by atoms with E-state index in [1.807, 2.05) is 6.92 Å². The molecule has 1 aromatic rings. The highest BCUT2D eigenvalue weighted by Gasteiger charge is 2.26. The molecule has 104 valence electrons. The number of nitrogens with two attached hydrogens (primary N) is 1. The van der Waals surface area contributed by atoms with Crippen LogP contribution in [0.3, 0.4) is 0 Å². The smallest absolute Gasteiger partial charge is 0.122 e. The van der Waals surface area contributed by atoms with Crippen LogP contribution in [0.1, 0.15) is 68.3 Å². The largest absolute Gasteiger partial charge is 0.384 e. The van der Waals surface area contributed by atoms with Crippen LogP contribution < -0.4 is 5.73 Å². The molecule has 1 saturated carbocycles. The lowest BCUT2D eigenvalue weighted by Gasteiger charge is -2.31. The lowest BCUT2D eigenvalue weighted by molar-refractivity contribution is 0.262. The number of rotatable bonds is 3. The zero-order valence-corrected chi connectivity index (χ0v) is 12.4. The van der Waals surface area contributed by atoms with Gasteiger partial charge in [0.05, 0.1) is 5.56 Å². The van der Waals surface area contributed by atoms with Crippen molar-refractivity contribution >= 4 is 5.82 Å². The van der Waals surface area contributed by atoms with Crippen LogP contribution in [0, 0.1) is 31.1 Å². The van der Waals surface area contributed by atoms with Gasteiger partial charge in [-0.15, -0.1) is 0 Å². The second kappa shape index (κ2) is 5.69. The Kier molecular flexibility index (Phi) is 4.19. The summed E-state index contributed by atoms with van der Waals surface area (Å²) in [7, 11) is 0. The van der Waals surface area contributed by atoms with Gasteiger partial charge in [0.2, 0.25) is 0 Å². The maximum absolute atomic E-state index is 9.20. The number of hydrogen-bond acceptors (Lipinski definition) is 2. The van der Waals surface area contributed by atoms with E-state index < -0.39 is 0 Å². The van der Waals surface area contributed by atoms with E-state index in [4.69, 9.17) is 5.73 Å². The van der Waals surface area contributed by atoms with Crippen LogP contribution >= 0.6 is 0 Å². The van der Waals surface area contributed by atoms with Gasteiger partial charge in [0, 0.05) is 11.7 Å². The summed E-state index contributed by atoms with van der Waals surface area (Å²) in [5.41, 5.74) is 9.08. The van der Waals surface area contributed by atoms with Crippen molar-refractivity contribution in [3.8, 4) is 6.07 Å². The minimum absolute atomic E-state index is 0.494. The van der Waals surface area contributed by atoms with Gasteiger partial charge in [-0.25, -0.2) is 0 Å². The Bertz CT molecular complexity index is 485. The SMILES string of the molecule is CCCC1CCC(n2c(C)c(C)c(C#N)c2N)CC1. The summed E-state index contributed by atoms with van der Waals surface area (Å²) in [6.45, 7) is 6.36. The van der Waals surface area contributed by atoms with Crippen molar-refractivity contribution in [3.63, 3.8) is 0 Å². The van der Waals surface area contributed by atoms with Gasteiger partial charge >= 0.3 is 0 Å². The third kappa shape index (κ3) is 2.49. The molecule has 0 amide bonds. The fourth-order valence-corrected chi connectivity index (χ4v) is 3.57. The van der Waals surface area contributed by atoms with Gasteiger partial charge in [0.15, 0.2) is 0 Å². The number of hydrogen-bond donors (Lipinski definition) is 1. The second-order valence-corrected chi connectivity index (χ2v) is 5.92. The highest BCUT2D eigenvalue weighted by Crippen LogP contribution is 2.38. The zero-order chi connectivity index (χ0) is 14.0. The van der Waals surface area contributed by atoms with E-state index in [0.29, 0.717) is 17.4 Å². The third-order valence-electron chi connectivity index (χ3n) is 4.78. The Balaban J connectivity index is 2.19. The van der Waals surface area contributed by atoms with Crippen LogP contribution in [0.15, 0.2) is 0 Å². The molecule has 1 heterocycles. The van der Waals surface area contributed by atoms with E-state index in [-0.39, 0.29) is 0 Å². The first-order valence-corrected chi connectivity index (χ1v) is 7.47. The van der Waals surface area contributed by atoms with Crippen LogP contribution in [-0.2, 0) is 0 Å². The summed E-state index contributed by atoms with van der Waals surface area (Å²) >= 11 is 0. The van der Waals surface area contributed by atoms with Crippen LogP contribution in [-0.4, -0.2) is 4.57 Å². The van der Waals surface area contributed by atoms with Crippen molar-refractivity contribution in [2.75, 3.05) is 5.73 Å². The molecule has 2 rings (SSSR count). The van der Waals surface area contributed by atoms with Crippen molar-refractivity contribution in [1.82, 2.24) is 4.57 Å². The molecular weight excluding hydrogens is 234 g/mol. The summed E-state index contributed by atoms with van der Waals surface area (Å²) in [5.74, 6) is 1.58. The van der Waals surface area contributed by atoms with Gasteiger partial charge in [-0.1, -0.05) is 19.8 Å². The Morgan fingerprint density at radius 1 is 1.26 bits per heavy atom. The number of aromatic nitrogens is 1. The van der Waals surface area contributed by atoms with E-state index in [1.54, 1.807) is 0 Å². The molecule has 0 unspecified atom stereocenters. The number of nitriles is 1. The van der Waals surface area contributed by atoms with Crippen molar-refractivity contribution in [3.05, 3.63) is 16.8 Å². The molecule has 3 nitrogen and oxygen atoms in total. The lowest BCUT2D eigenvalue weighted by atomic mass is 9.83. The molecule has 0 saturated heterocycles. The predicted molar refractivity (Wildman–Crippen MR) is 78.9 cm³/mol. The zero-order valence-electron chi connectivity index (χ0n) is 12.4. The molecule has 0 atom stereocenters. The Morgan fingerprint density at radius 2 is 1.89 bits per heavy atom. The molecule has 0 aliphatic heterocycles. The standard InChI is InChI=1S/C16H25N3/c1-4-5-13-6-8-14(9-7-13)19-12(3)11(2)15(10-17)16(19)18/h13-14H,4-9,18H2,1-3H3. The number of nitrogens with zero attached hydrogens (tertiary/aromatic N) is 2. The fraction of sp³-hybridized carbons (Fsp3) is 0.688. The first-order valence-electron chi connectivity index (χ1n) is 7.47. The first-order chi connectivity index (χ1) is 9.10. The van der Waals surface area contributed by atoms with Gasteiger partial charge in [0.25, 0.3) is 0 Å². The Morgan fingerprint density at radius 3 is 2.37 bits per heavy atom. The average Bonchev–Trinajstić information content (AvgIpc) is 2.62. The highest BCUT2D eigenvalue weighted by molar-refractivity contribution is 5.58. The summed E-state index contributed by atoms with van der Waals surface area (Å²) < 4.78 is 2.22. The number of anilines is 1. The average molecular weight is 259 g/mol. The monoisotopic (exact) mass is 259 g/mol. The normalized spacial score (nSPS) is 23.3. The summed E-state index contributed by atoms with van der Waals surface area (Å²) in [6.07, 6.45) is 7.66. The summed E-state index contributed by atoms with van der Waals surface area (Å²) in [4.78, 5) is 0. The van der Waals surface area contributed by atoms with E-state index in [1.165, 1.54) is 44.2 Å². The van der Waals surface area contributed by atoms with Crippen LogP contribution in [0.4, 0.5) is 5.82 Å². The van der Waals surface area contributed by atoms with Gasteiger partial charge < -0.3 is 10.3 Å². The van der Waals surface area contributed by atoms with Crippen molar-refractivity contribution in [2.45, 2.75) is 65.3 Å². The van der Waals surface area contributed by atoms with Gasteiger partial charge in [-0.2, -0.15) is 5.26 Å². The minimum Gasteiger partial charge on any atom is -0.384 e. The quantitative estimate of drug-likeness (QED) is 0.888. The van der Waals surface area contributed by atoms with Crippen molar-refractivity contribution < 1.29 is 0 Å². The maximum atomic E-state index is 9.20. The maximum Gasteiger partial charge on any atom is 0.122 e. The van der Waals surface area contributed by atoms with Gasteiger partial charge in [-0.3, -0.25) is 0 Å². The fourth-order valence-electron chi connectivity index (χ4n) is 3.57. The molecule has 0 aromatic carbocycles. The molecular formula is C16H25N3. The van der Waals surface area contributed by atoms with Crippen LogP contribution in [0.2, 0.25) is 0 Å². The van der Waals surface area contributed by atoms with Crippen LogP contribution in [0.25, 0.3) is 0 Å². The molecule has 1 aromatic heterocycles. The molecule has 19 heavy (non-hydrogen) atoms. The van der Waals surface area contributed by atoms with Crippen LogP contribution in [0.5, 0.6) is 0 Å². The van der Waals surface area contributed by atoms with E-state index in [0.717, 1.165) is 11.5 Å². The molecule has 2 N–H and O–H groups in total. The van der Waals surface area contributed by atoms with E-state index >= 15 is 0 Å².